The van der Waals surface area contributed by atoms with Crippen molar-refractivity contribution in [3.05, 3.63) is 29.6 Å². The van der Waals surface area contributed by atoms with Crippen molar-refractivity contribution in [1.82, 2.24) is 10.6 Å². The maximum absolute atomic E-state index is 13.3. The lowest BCUT2D eigenvalue weighted by Gasteiger charge is -2.20. The second-order valence-corrected chi connectivity index (χ2v) is 4.37. The van der Waals surface area contributed by atoms with Gasteiger partial charge in [-0.3, -0.25) is 4.79 Å². The molecule has 0 saturated heterocycles. The molecule has 2 atom stereocenters. The van der Waals surface area contributed by atoms with Crippen LogP contribution in [0.5, 0.6) is 5.75 Å². The molecule has 0 aliphatic heterocycles. The summed E-state index contributed by atoms with van der Waals surface area (Å²) in [5, 5.41) is 5.57. The summed E-state index contributed by atoms with van der Waals surface area (Å²) in [4.78, 5) is 11.7. The smallest absolute Gasteiger partial charge is 0.261 e. The minimum absolute atomic E-state index is 0.0217. The minimum Gasteiger partial charge on any atom is -0.480 e. The summed E-state index contributed by atoms with van der Waals surface area (Å²) in [6.45, 7) is 3.64. The molecule has 0 saturated carbocycles. The number of nitrogens with one attached hydrogen (secondary N) is 2. The van der Waals surface area contributed by atoms with Gasteiger partial charge in [0, 0.05) is 17.7 Å². The molecule has 20 heavy (non-hydrogen) atoms. The maximum Gasteiger partial charge on any atom is 0.261 e. The molecule has 0 aliphatic rings. The van der Waals surface area contributed by atoms with Crippen LogP contribution in [-0.4, -0.2) is 25.6 Å². The second kappa shape index (κ2) is 7.51. The van der Waals surface area contributed by atoms with Crippen molar-refractivity contribution in [3.8, 4) is 18.1 Å². The zero-order valence-corrected chi connectivity index (χ0v) is 11.9. The number of carbonyl (C=O) groups is 1. The molecule has 1 aromatic rings. The third-order valence-corrected chi connectivity index (χ3v) is 2.91. The van der Waals surface area contributed by atoms with E-state index >= 15 is 0 Å². The van der Waals surface area contributed by atoms with Gasteiger partial charge in [0.05, 0.1) is 6.54 Å². The van der Waals surface area contributed by atoms with E-state index in [1.54, 1.807) is 20.0 Å². The summed E-state index contributed by atoms with van der Waals surface area (Å²) in [5.74, 6) is 1.90. The molecule has 108 valence electrons. The first-order chi connectivity index (χ1) is 9.49. The molecule has 4 nitrogen and oxygen atoms in total. The van der Waals surface area contributed by atoms with Crippen molar-refractivity contribution in [2.24, 2.45) is 0 Å². The molecular weight excluding hydrogens is 259 g/mol. The maximum atomic E-state index is 13.3. The van der Waals surface area contributed by atoms with E-state index in [0.29, 0.717) is 5.75 Å². The summed E-state index contributed by atoms with van der Waals surface area (Å²) in [7, 11) is 1.79. The van der Waals surface area contributed by atoms with Gasteiger partial charge in [-0.25, -0.2) is 4.39 Å². The van der Waals surface area contributed by atoms with Crippen molar-refractivity contribution in [2.75, 3.05) is 13.6 Å². The molecule has 1 rings (SSSR count). The molecule has 0 bridgehead atoms. The normalized spacial score (nSPS) is 13.2. The average molecular weight is 278 g/mol. The zero-order chi connectivity index (χ0) is 15.1. The standard InChI is InChI=1S/C15H19FN2O2/c1-5-8-18-15(19)11(3)20-14-9-12(16)6-7-13(14)10(2)17-4/h1,6-7,9-11,17H,8H2,2-4H3,(H,18,19). The topological polar surface area (TPSA) is 50.4 Å². The fourth-order valence-electron chi connectivity index (χ4n) is 1.65. The molecule has 2 N–H and O–H groups in total. The van der Waals surface area contributed by atoms with Crippen LogP contribution in [-0.2, 0) is 4.79 Å². The van der Waals surface area contributed by atoms with Crippen LogP contribution in [0.3, 0.4) is 0 Å². The highest BCUT2D eigenvalue weighted by Gasteiger charge is 2.18. The van der Waals surface area contributed by atoms with Gasteiger partial charge >= 0.3 is 0 Å². The highest BCUT2D eigenvalue weighted by Crippen LogP contribution is 2.26. The Morgan fingerprint density at radius 3 is 2.80 bits per heavy atom. The summed E-state index contributed by atoms with van der Waals surface area (Å²) in [6, 6.07) is 4.25. The lowest BCUT2D eigenvalue weighted by atomic mass is 10.1. The van der Waals surface area contributed by atoms with Gasteiger partial charge in [0.2, 0.25) is 0 Å². The van der Waals surface area contributed by atoms with Gasteiger partial charge in [0.15, 0.2) is 6.10 Å². The van der Waals surface area contributed by atoms with E-state index in [1.807, 2.05) is 6.92 Å². The fraction of sp³-hybridized carbons (Fsp3) is 0.400. The molecule has 0 spiro atoms. The Morgan fingerprint density at radius 2 is 2.20 bits per heavy atom. The van der Waals surface area contributed by atoms with Crippen molar-refractivity contribution in [1.29, 1.82) is 0 Å². The Balaban J connectivity index is 2.88. The minimum atomic E-state index is -0.757. The number of halogens is 1. The van der Waals surface area contributed by atoms with E-state index in [0.717, 1.165) is 5.56 Å². The third-order valence-electron chi connectivity index (χ3n) is 2.91. The Bertz CT molecular complexity index is 511. The molecule has 2 unspecified atom stereocenters. The number of terminal acetylenes is 1. The lowest BCUT2D eigenvalue weighted by molar-refractivity contribution is -0.127. The second-order valence-electron chi connectivity index (χ2n) is 4.37. The molecular formula is C15H19FN2O2. The number of hydrogen-bond donors (Lipinski definition) is 2. The van der Waals surface area contributed by atoms with Crippen LogP contribution < -0.4 is 15.4 Å². The highest BCUT2D eigenvalue weighted by molar-refractivity contribution is 5.80. The monoisotopic (exact) mass is 278 g/mol. The molecule has 1 aromatic carbocycles. The number of hydrogen-bond acceptors (Lipinski definition) is 3. The van der Waals surface area contributed by atoms with E-state index in [1.165, 1.54) is 12.1 Å². The van der Waals surface area contributed by atoms with E-state index < -0.39 is 11.9 Å². The SMILES string of the molecule is C#CCNC(=O)C(C)Oc1cc(F)ccc1C(C)NC. The van der Waals surface area contributed by atoms with Gasteiger partial charge in [-0.05, 0) is 27.0 Å². The molecule has 0 aliphatic carbocycles. The van der Waals surface area contributed by atoms with E-state index in [4.69, 9.17) is 11.2 Å². The van der Waals surface area contributed by atoms with Crippen molar-refractivity contribution >= 4 is 5.91 Å². The third kappa shape index (κ3) is 4.25. The molecule has 0 fully saturated rings. The first-order valence-corrected chi connectivity index (χ1v) is 6.34. The van der Waals surface area contributed by atoms with E-state index in [2.05, 4.69) is 16.6 Å². The largest absolute Gasteiger partial charge is 0.480 e. The van der Waals surface area contributed by atoms with Crippen LogP contribution >= 0.6 is 0 Å². The molecule has 0 radical (unpaired) electrons. The average Bonchev–Trinajstić information content (AvgIpc) is 2.44. The fourth-order valence-corrected chi connectivity index (χ4v) is 1.65. The van der Waals surface area contributed by atoms with Crippen LogP contribution in [0, 0.1) is 18.2 Å². The van der Waals surface area contributed by atoms with Crippen molar-refractivity contribution in [3.63, 3.8) is 0 Å². The summed E-state index contributed by atoms with van der Waals surface area (Å²) >= 11 is 0. The predicted octanol–water partition coefficient (Wildman–Crippen LogP) is 1.62. The first kappa shape index (κ1) is 16.0. The number of benzene rings is 1. The molecule has 1 amide bonds. The number of rotatable bonds is 6. The van der Waals surface area contributed by atoms with E-state index in [9.17, 15) is 9.18 Å². The van der Waals surface area contributed by atoms with E-state index in [-0.39, 0.29) is 18.5 Å². The molecule has 0 aromatic heterocycles. The summed E-state index contributed by atoms with van der Waals surface area (Å²) in [6.07, 6.45) is 4.31. The summed E-state index contributed by atoms with van der Waals surface area (Å²) < 4.78 is 18.9. The highest BCUT2D eigenvalue weighted by atomic mass is 19.1. The molecule has 0 heterocycles. The number of amides is 1. The van der Waals surface area contributed by atoms with Crippen LogP contribution in [0.4, 0.5) is 4.39 Å². The summed E-state index contributed by atoms with van der Waals surface area (Å²) in [5.41, 5.74) is 0.783. The number of ether oxygens (including phenoxy) is 1. The Morgan fingerprint density at radius 1 is 1.50 bits per heavy atom. The van der Waals surface area contributed by atoms with Gasteiger partial charge in [-0.1, -0.05) is 12.0 Å². The zero-order valence-electron chi connectivity index (χ0n) is 11.9. The van der Waals surface area contributed by atoms with Gasteiger partial charge < -0.3 is 15.4 Å². The number of carbonyl (C=O) groups excluding carboxylic acids is 1. The predicted molar refractivity (Wildman–Crippen MR) is 75.8 cm³/mol. The van der Waals surface area contributed by atoms with Crippen LogP contribution in [0.25, 0.3) is 0 Å². The quantitative estimate of drug-likeness (QED) is 0.778. The van der Waals surface area contributed by atoms with Crippen LogP contribution in [0.15, 0.2) is 18.2 Å². The first-order valence-electron chi connectivity index (χ1n) is 6.34. The van der Waals surface area contributed by atoms with Gasteiger partial charge in [-0.15, -0.1) is 6.42 Å². The van der Waals surface area contributed by atoms with Gasteiger partial charge in [-0.2, -0.15) is 0 Å². The van der Waals surface area contributed by atoms with Crippen molar-refractivity contribution in [2.45, 2.75) is 26.0 Å². The van der Waals surface area contributed by atoms with Gasteiger partial charge in [0.25, 0.3) is 5.91 Å². The van der Waals surface area contributed by atoms with Crippen molar-refractivity contribution < 1.29 is 13.9 Å². The lowest BCUT2D eigenvalue weighted by Crippen LogP contribution is -2.36. The molecule has 5 heteroatoms. The Labute approximate surface area is 118 Å². The van der Waals surface area contributed by atoms with Gasteiger partial charge in [0.1, 0.15) is 11.6 Å². The van der Waals surface area contributed by atoms with Crippen LogP contribution in [0.1, 0.15) is 25.5 Å². The Kier molecular flexibility index (Phi) is 6.01. The Hall–Kier alpha value is -2.06. The van der Waals surface area contributed by atoms with Crippen LogP contribution in [0.2, 0.25) is 0 Å².